The van der Waals surface area contributed by atoms with Crippen LogP contribution >= 0.6 is 0 Å². The second-order valence-electron chi connectivity index (χ2n) is 3.87. The summed E-state index contributed by atoms with van der Waals surface area (Å²) in [7, 11) is -9.86. The molecular weight excluding hydrogens is 286 g/mol. The predicted molar refractivity (Wildman–Crippen MR) is 64.2 cm³/mol. The molecule has 0 atom stereocenters. The van der Waals surface area contributed by atoms with Gasteiger partial charge in [0.25, 0.3) is 24.9 Å². The van der Waals surface area contributed by atoms with E-state index >= 15 is 0 Å². The molecule has 0 aromatic rings. The third-order valence-corrected chi connectivity index (χ3v) is 5.51. The lowest BCUT2D eigenvalue weighted by atomic mass is 10.5. The van der Waals surface area contributed by atoms with Gasteiger partial charge in [-0.1, -0.05) is 0 Å². The quantitative estimate of drug-likeness (QED) is 0.418. The maximum Gasteiger partial charge on any atom is 0.298 e. The topological polar surface area (TPSA) is 136 Å². The van der Waals surface area contributed by atoms with E-state index in [4.69, 9.17) is 9.11 Å². The molecule has 0 aromatic heterocycles. The highest BCUT2D eigenvalue weighted by atomic mass is 32.3. The van der Waals surface area contributed by atoms with Crippen LogP contribution in [0.4, 0.5) is 0 Å². The normalized spacial score (nSPS) is 21.3. The Bertz CT molecular complexity index is 420. The van der Waals surface area contributed by atoms with Gasteiger partial charge in [-0.05, 0) is 0 Å². The molecule has 1 aliphatic rings. The summed E-state index contributed by atoms with van der Waals surface area (Å²) in [5.74, 6) is 0. The molecule has 18 heavy (non-hydrogen) atoms. The Morgan fingerprint density at radius 2 is 1.22 bits per heavy atom. The molecule has 1 fully saturated rings. The first-order valence-electron chi connectivity index (χ1n) is 5.31. The van der Waals surface area contributed by atoms with Crippen molar-refractivity contribution in [1.82, 2.24) is 15.5 Å². The molecule has 0 bridgehead atoms. The van der Waals surface area contributed by atoms with Crippen molar-refractivity contribution >= 4 is 20.2 Å². The van der Waals surface area contributed by atoms with E-state index < -0.39 is 24.9 Å². The van der Waals surface area contributed by atoms with Gasteiger partial charge >= 0.3 is 0 Å². The van der Waals surface area contributed by atoms with Crippen LogP contribution in [0.2, 0.25) is 0 Å². The van der Waals surface area contributed by atoms with Crippen molar-refractivity contribution in [1.29, 1.82) is 0 Å². The summed E-state index contributed by atoms with van der Waals surface area (Å²) in [6.07, 6.45) is 0. The molecule has 0 saturated carbocycles. The first-order chi connectivity index (χ1) is 8.23. The van der Waals surface area contributed by atoms with Gasteiger partial charge in [0.2, 0.25) is 0 Å². The number of rotatable bonds is 3. The Hall–Kier alpha value is -0.300. The standard InChI is InChI=1S/C7H17N3O6S2/c11-17(12,13)7(18(14,15)16)10-5-3-8-1-2-9-4-6-10/h7-9H,1-6H2,(H,11,12,13)(H,14,15,16). The molecule has 1 aliphatic heterocycles. The average molecular weight is 303 g/mol. The molecule has 1 heterocycles. The molecule has 1 rings (SSSR count). The number of nitrogens with zero attached hydrogens (tertiary/aromatic N) is 1. The minimum absolute atomic E-state index is 0.0753. The van der Waals surface area contributed by atoms with E-state index in [1.807, 2.05) is 0 Å². The van der Waals surface area contributed by atoms with Crippen LogP contribution in [0.1, 0.15) is 0 Å². The molecule has 0 radical (unpaired) electrons. The molecule has 0 aliphatic carbocycles. The van der Waals surface area contributed by atoms with E-state index in [9.17, 15) is 16.8 Å². The minimum Gasteiger partial charge on any atom is -0.314 e. The van der Waals surface area contributed by atoms with E-state index in [1.165, 1.54) is 0 Å². The highest BCUT2D eigenvalue weighted by Gasteiger charge is 2.40. The second kappa shape index (κ2) is 6.23. The fourth-order valence-corrected chi connectivity index (χ4v) is 4.13. The van der Waals surface area contributed by atoms with Crippen molar-refractivity contribution in [3.8, 4) is 0 Å². The lowest BCUT2D eigenvalue weighted by Gasteiger charge is -2.26. The van der Waals surface area contributed by atoms with E-state index in [0.29, 0.717) is 26.2 Å². The highest BCUT2D eigenvalue weighted by Crippen LogP contribution is 2.12. The summed E-state index contributed by atoms with van der Waals surface area (Å²) in [4.78, 5) is 0.996. The van der Waals surface area contributed by atoms with Crippen molar-refractivity contribution in [2.45, 2.75) is 4.71 Å². The minimum atomic E-state index is -4.93. The Morgan fingerprint density at radius 1 is 0.833 bits per heavy atom. The molecule has 11 heteroatoms. The first-order valence-corrected chi connectivity index (χ1v) is 8.31. The van der Waals surface area contributed by atoms with Crippen LogP contribution in [0.5, 0.6) is 0 Å². The molecule has 108 valence electrons. The number of hydrogen-bond donors (Lipinski definition) is 4. The summed E-state index contributed by atoms with van der Waals surface area (Å²) in [5, 5.41) is 5.92. The summed E-state index contributed by atoms with van der Waals surface area (Å²) in [5.41, 5.74) is 0. The van der Waals surface area contributed by atoms with E-state index in [1.54, 1.807) is 0 Å². The highest BCUT2D eigenvalue weighted by molar-refractivity contribution is 8.03. The Balaban J connectivity index is 2.96. The van der Waals surface area contributed by atoms with Gasteiger partial charge in [-0.2, -0.15) is 16.8 Å². The SMILES string of the molecule is O=S(=O)(O)C(N1CCNCCNCC1)S(=O)(=O)O. The van der Waals surface area contributed by atoms with Crippen LogP contribution in [-0.4, -0.2) is 74.8 Å². The van der Waals surface area contributed by atoms with Crippen LogP contribution in [0.25, 0.3) is 0 Å². The molecule has 0 spiro atoms. The Morgan fingerprint density at radius 3 is 1.56 bits per heavy atom. The molecule has 9 nitrogen and oxygen atoms in total. The summed E-state index contributed by atoms with van der Waals surface area (Å²) in [6, 6.07) is 0. The van der Waals surface area contributed by atoms with E-state index in [0.717, 1.165) is 4.90 Å². The van der Waals surface area contributed by atoms with E-state index in [2.05, 4.69) is 10.6 Å². The first kappa shape index (κ1) is 15.8. The third-order valence-electron chi connectivity index (χ3n) is 2.44. The van der Waals surface area contributed by atoms with Gasteiger partial charge < -0.3 is 10.6 Å². The third kappa shape index (κ3) is 4.76. The average Bonchev–Trinajstić information content (AvgIpc) is 2.27. The smallest absolute Gasteiger partial charge is 0.298 e. The fourth-order valence-electron chi connectivity index (χ4n) is 1.73. The van der Waals surface area contributed by atoms with Crippen LogP contribution in [-0.2, 0) is 20.2 Å². The predicted octanol–water partition coefficient (Wildman–Crippen LogP) is -2.46. The molecule has 4 N–H and O–H groups in total. The zero-order valence-corrected chi connectivity index (χ0v) is 11.2. The van der Waals surface area contributed by atoms with Crippen LogP contribution in [0, 0.1) is 0 Å². The zero-order valence-electron chi connectivity index (χ0n) is 9.61. The van der Waals surface area contributed by atoms with Gasteiger partial charge in [-0.3, -0.25) is 14.0 Å². The maximum atomic E-state index is 11.1. The summed E-state index contributed by atoms with van der Waals surface area (Å²) in [6.45, 7) is 2.18. The maximum absolute atomic E-state index is 11.1. The van der Waals surface area contributed by atoms with Gasteiger partial charge in [0.15, 0.2) is 0 Å². The number of nitrogens with one attached hydrogen (secondary N) is 2. The van der Waals surface area contributed by atoms with Gasteiger partial charge in [0.05, 0.1) is 0 Å². The summed E-state index contributed by atoms with van der Waals surface area (Å²) < 4.78 is 59.9. The molecule has 0 aromatic carbocycles. The molecule has 0 amide bonds. The monoisotopic (exact) mass is 303 g/mol. The Labute approximate surface area is 106 Å². The molecule has 0 unspecified atom stereocenters. The van der Waals surface area contributed by atoms with Crippen molar-refractivity contribution in [2.75, 3.05) is 39.3 Å². The molecule has 1 saturated heterocycles. The fraction of sp³-hybridized carbons (Fsp3) is 1.00. The Kier molecular flexibility index (Phi) is 5.46. The van der Waals surface area contributed by atoms with Gasteiger partial charge in [0, 0.05) is 39.3 Å². The lowest BCUT2D eigenvalue weighted by molar-refractivity contribution is 0.273. The zero-order chi connectivity index (χ0) is 13.8. The van der Waals surface area contributed by atoms with E-state index in [-0.39, 0.29) is 13.1 Å². The van der Waals surface area contributed by atoms with Crippen molar-refractivity contribution < 1.29 is 25.9 Å². The van der Waals surface area contributed by atoms with Crippen molar-refractivity contribution in [3.05, 3.63) is 0 Å². The van der Waals surface area contributed by atoms with Gasteiger partial charge in [-0.15, -0.1) is 0 Å². The van der Waals surface area contributed by atoms with Gasteiger partial charge in [0.1, 0.15) is 0 Å². The molecular formula is C7H17N3O6S2. The van der Waals surface area contributed by atoms with Crippen molar-refractivity contribution in [2.24, 2.45) is 0 Å². The van der Waals surface area contributed by atoms with Crippen LogP contribution in [0.3, 0.4) is 0 Å². The lowest BCUT2D eigenvalue weighted by Crippen LogP contribution is -2.49. The number of hydrogen-bond acceptors (Lipinski definition) is 7. The van der Waals surface area contributed by atoms with Crippen LogP contribution < -0.4 is 10.6 Å². The van der Waals surface area contributed by atoms with Crippen LogP contribution in [0.15, 0.2) is 0 Å². The van der Waals surface area contributed by atoms with Gasteiger partial charge in [-0.25, -0.2) is 0 Å². The largest absolute Gasteiger partial charge is 0.314 e. The van der Waals surface area contributed by atoms with Crippen molar-refractivity contribution in [3.63, 3.8) is 0 Å². The second-order valence-corrected chi connectivity index (χ2v) is 7.12. The summed E-state index contributed by atoms with van der Waals surface area (Å²) >= 11 is 0.